The quantitative estimate of drug-likeness (QED) is 0.636. The van der Waals surface area contributed by atoms with Crippen molar-refractivity contribution in [3.8, 4) is 0 Å². The molecule has 0 saturated carbocycles. The van der Waals surface area contributed by atoms with Crippen LogP contribution in [0.5, 0.6) is 0 Å². The van der Waals surface area contributed by atoms with Crippen molar-refractivity contribution in [1.29, 1.82) is 0 Å². The molecule has 0 fully saturated rings. The summed E-state index contributed by atoms with van der Waals surface area (Å²) in [5, 5.41) is 19.4. The lowest BCUT2D eigenvalue weighted by molar-refractivity contribution is -0.849. The van der Waals surface area contributed by atoms with Crippen LogP contribution in [-0.2, 0) is 0 Å². The molecule has 2 rings (SSSR count). The Balaban J connectivity index is 0.000000550. The normalized spacial score (nSPS) is 10.6. The molecule has 0 unspecified atom stereocenters. The van der Waals surface area contributed by atoms with Gasteiger partial charge in [0.15, 0.2) is 0 Å². The van der Waals surface area contributed by atoms with Crippen molar-refractivity contribution in [3.63, 3.8) is 0 Å². The van der Waals surface area contributed by atoms with E-state index in [1.54, 1.807) is 36.4 Å². The topological polar surface area (TPSA) is 77.4 Å². The van der Waals surface area contributed by atoms with E-state index in [4.69, 9.17) is 5.11 Å². The van der Waals surface area contributed by atoms with E-state index in [-0.39, 0.29) is 11.1 Å². The maximum atomic E-state index is 10.7. The second-order valence-corrected chi connectivity index (χ2v) is 8.77. The maximum Gasteiger partial charge on any atom is 0.335 e. The van der Waals surface area contributed by atoms with Crippen LogP contribution in [0.15, 0.2) is 58.3 Å². The number of carbonyl (C=O) groups excluding carboxylic acids is 1. The summed E-state index contributed by atoms with van der Waals surface area (Å²) in [7, 11) is 11.4. The van der Waals surface area contributed by atoms with Crippen LogP contribution in [0.3, 0.4) is 0 Å². The third-order valence-corrected chi connectivity index (χ3v) is 4.84. The van der Waals surface area contributed by atoms with Crippen LogP contribution in [0.1, 0.15) is 20.7 Å². The van der Waals surface area contributed by atoms with E-state index >= 15 is 0 Å². The van der Waals surface area contributed by atoms with Gasteiger partial charge in [-0.3, -0.25) is 0 Å². The summed E-state index contributed by atoms with van der Waals surface area (Å²) in [4.78, 5) is 23.1. The van der Waals surface area contributed by atoms with Gasteiger partial charge in [0.2, 0.25) is 0 Å². The molecule has 134 valence electrons. The fourth-order valence-corrected chi connectivity index (χ4v) is 3.33. The molecule has 0 saturated heterocycles. The molecule has 2 aromatic carbocycles. The summed E-state index contributed by atoms with van der Waals surface area (Å²) in [5.41, 5.74) is 0.392. The zero-order chi connectivity index (χ0) is 19.0. The highest BCUT2D eigenvalue weighted by atomic mass is 33.1. The first-order valence-corrected chi connectivity index (χ1v) is 9.49. The molecule has 0 spiro atoms. The smallest absolute Gasteiger partial charge is 0.335 e. The summed E-state index contributed by atoms with van der Waals surface area (Å²) in [6.45, 7) is 0. The molecule has 0 aliphatic heterocycles. The first-order valence-electron chi connectivity index (χ1n) is 7.34. The number of benzene rings is 2. The van der Waals surface area contributed by atoms with Crippen molar-refractivity contribution in [1.82, 2.24) is 0 Å². The third-order valence-electron chi connectivity index (χ3n) is 2.43. The molecule has 0 amide bonds. The van der Waals surface area contributed by atoms with E-state index in [9.17, 15) is 14.7 Å². The lowest BCUT2D eigenvalue weighted by Crippen LogP contribution is -2.27. The van der Waals surface area contributed by atoms with Gasteiger partial charge in [-0.15, -0.1) is 0 Å². The molecule has 1 N–H and O–H groups in total. The first kappa shape index (κ1) is 21.1. The summed E-state index contributed by atoms with van der Waals surface area (Å²) < 4.78 is 1.00. The summed E-state index contributed by atoms with van der Waals surface area (Å²) in [6, 6.07) is 12.9. The predicted octanol–water partition coefficient (Wildman–Crippen LogP) is 2.87. The van der Waals surface area contributed by atoms with Crippen molar-refractivity contribution in [3.05, 3.63) is 59.7 Å². The highest BCUT2D eigenvalue weighted by Gasteiger charge is 2.03. The number of carboxylic acid groups (broad SMARTS) is 2. The maximum absolute atomic E-state index is 10.7. The van der Waals surface area contributed by atoms with Crippen molar-refractivity contribution in [2.45, 2.75) is 9.79 Å². The minimum Gasteiger partial charge on any atom is -0.545 e. The number of hydrogen-bond acceptors (Lipinski definition) is 5. The number of rotatable bonds is 5. The molecular weight excluding hydrogens is 358 g/mol. The molecule has 0 aromatic heterocycles. The lowest BCUT2D eigenvalue weighted by atomic mass is 10.2. The zero-order valence-electron chi connectivity index (χ0n) is 14.6. The van der Waals surface area contributed by atoms with Crippen molar-refractivity contribution < 1.29 is 24.3 Å². The Bertz CT molecular complexity index is 644. The number of quaternary nitrogens is 1. The Kier molecular flexibility index (Phi) is 8.02. The van der Waals surface area contributed by atoms with Gasteiger partial charge in [0.1, 0.15) is 0 Å². The van der Waals surface area contributed by atoms with Gasteiger partial charge in [-0.2, -0.15) is 0 Å². The molecule has 2 aromatic rings. The fourth-order valence-electron chi connectivity index (χ4n) is 1.40. The molecule has 5 nitrogen and oxygen atoms in total. The van der Waals surface area contributed by atoms with Gasteiger partial charge in [-0.25, -0.2) is 4.79 Å². The second-order valence-electron chi connectivity index (χ2n) is 6.49. The average Bonchev–Trinajstić information content (AvgIpc) is 2.52. The van der Waals surface area contributed by atoms with Gasteiger partial charge in [0.25, 0.3) is 0 Å². The van der Waals surface area contributed by atoms with E-state index in [0.29, 0.717) is 0 Å². The number of carboxylic acids is 2. The number of carbonyl (C=O) groups is 2. The third kappa shape index (κ3) is 9.19. The van der Waals surface area contributed by atoms with Gasteiger partial charge >= 0.3 is 5.97 Å². The molecule has 0 aliphatic carbocycles. The van der Waals surface area contributed by atoms with Crippen LogP contribution in [-0.4, -0.2) is 49.7 Å². The van der Waals surface area contributed by atoms with Gasteiger partial charge < -0.3 is 19.5 Å². The minimum absolute atomic E-state index is 0.144. The second kappa shape index (κ2) is 9.50. The number of hydrogen-bond donors (Lipinski definition) is 1. The Morgan fingerprint density at radius 1 is 0.800 bits per heavy atom. The standard InChI is InChI=1S/C14H10O4S2.C4H12N/c15-13(16)9-1-5-11(6-2-9)19-20-12-7-3-10(4-8-12)14(17)18;1-5(2,3)4/h1-8H,(H,15,16)(H,17,18);1-4H3/q;+1/p-1. The largest absolute Gasteiger partial charge is 0.545 e. The summed E-state index contributed by atoms with van der Waals surface area (Å²) in [5.74, 6) is -2.15. The average molecular weight is 380 g/mol. The SMILES string of the molecule is C[N+](C)(C)C.O=C([O-])c1ccc(SSc2ccc(C(=O)O)cc2)cc1. The fraction of sp³-hybridized carbons (Fsp3) is 0.222. The van der Waals surface area contributed by atoms with E-state index in [2.05, 4.69) is 28.2 Å². The highest BCUT2D eigenvalue weighted by Crippen LogP contribution is 2.37. The Morgan fingerprint density at radius 2 is 1.12 bits per heavy atom. The molecule has 0 heterocycles. The van der Waals surface area contributed by atoms with Crippen LogP contribution < -0.4 is 5.11 Å². The highest BCUT2D eigenvalue weighted by molar-refractivity contribution is 8.76. The Labute approximate surface area is 155 Å². The summed E-state index contributed by atoms with van der Waals surface area (Å²) >= 11 is 0. The zero-order valence-corrected chi connectivity index (χ0v) is 16.2. The van der Waals surface area contributed by atoms with E-state index in [0.717, 1.165) is 14.3 Å². The monoisotopic (exact) mass is 379 g/mol. The number of aromatic carboxylic acids is 2. The Hall–Kier alpha value is -1.96. The van der Waals surface area contributed by atoms with E-state index in [1.165, 1.54) is 33.7 Å². The first-order chi connectivity index (χ1) is 11.6. The Morgan fingerprint density at radius 3 is 1.40 bits per heavy atom. The van der Waals surface area contributed by atoms with Crippen molar-refractivity contribution >= 4 is 33.5 Å². The predicted molar refractivity (Wildman–Crippen MR) is 99.8 cm³/mol. The van der Waals surface area contributed by atoms with E-state index < -0.39 is 11.9 Å². The molecule has 0 bridgehead atoms. The molecule has 0 aliphatic rings. The summed E-state index contributed by atoms with van der Waals surface area (Å²) in [6.07, 6.45) is 0. The molecule has 25 heavy (non-hydrogen) atoms. The van der Waals surface area contributed by atoms with Gasteiger partial charge in [-0.1, -0.05) is 33.7 Å². The molecule has 0 atom stereocenters. The minimum atomic E-state index is -1.20. The van der Waals surface area contributed by atoms with Gasteiger partial charge in [0, 0.05) is 9.79 Å². The van der Waals surface area contributed by atoms with Gasteiger partial charge in [-0.05, 0) is 42.0 Å². The molecule has 7 heteroatoms. The van der Waals surface area contributed by atoms with E-state index in [1.807, 2.05) is 0 Å². The van der Waals surface area contributed by atoms with Crippen LogP contribution in [0, 0.1) is 0 Å². The van der Waals surface area contributed by atoms with Crippen molar-refractivity contribution in [2.24, 2.45) is 0 Å². The van der Waals surface area contributed by atoms with Crippen LogP contribution >= 0.6 is 21.6 Å². The van der Waals surface area contributed by atoms with Crippen LogP contribution in [0.4, 0.5) is 0 Å². The molecule has 0 radical (unpaired) electrons. The molecular formula is C18H21NO4S2. The van der Waals surface area contributed by atoms with Gasteiger partial charge in [0.05, 0.1) is 39.7 Å². The lowest BCUT2D eigenvalue weighted by Gasteiger charge is -2.14. The number of nitrogens with zero attached hydrogens (tertiary/aromatic N) is 1. The van der Waals surface area contributed by atoms with Crippen LogP contribution in [0.25, 0.3) is 0 Å². The van der Waals surface area contributed by atoms with Crippen LogP contribution in [0.2, 0.25) is 0 Å². The van der Waals surface area contributed by atoms with Crippen molar-refractivity contribution in [2.75, 3.05) is 28.2 Å².